The van der Waals surface area contributed by atoms with Crippen LogP contribution in [0.15, 0.2) is 30.3 Å². The molecule has 0 amide bonds. The van der Waals surface area contributed by atoms with Crippen molar-refractivity contribution in [2.75, 3.05) is 55.9 Å². The summed E-state index contributed by atoms with van der Waals surface area (Å²) >= 11 is 0. The van der Waals surface area contributed by atoms with Crippen molar-refractivity contribution in [1.82, 2.24) is 30.0 Å². The molecule has 0 atom stereocenters. The van der Waals surface area contributed by atoms with Gasteiger partial charge >= 0.3 is 0 Å². The molecule has 0 bridgehead atoms. The molecule has 3 N–H and O–H groups in total. The van der Waals surface area contributed by atoms with E-state index < -0.39 is 0 Å². The topological polar surface area (TPSA) is 107 Å². The fourth-order valence-corrected chi connectivity index (χ4v) is 3.69. The van der Waals surface area contributed by atoms with Gasteiger partial charge in [-0.1, -0.05) is 12.1 Å². The summed E-state index contributed by atoms with van der Waals surface area (Å²) < 4.78 is 5.24. The smallest absolute Gasteiger partial charge is 0.235 e. The lowest BCUT2D eigenvalue weighted by Crippen LogP contribution is -2.45. The van der Waals surface area contributed by atoms with Gasteiger partial charge in [0.25, 0.3) is 0 Å². The van der Waals surface area contributed by atoms with Crippen molar-refractivity contribution in [3.63, 3.8) is 0 Å². The van der Waals surface area contributed by atoms with Crippen molar-refractivity contribution < 1.29 is 4.74 Å². The fourth-order valence-electron chi connectivity index (χ4n) is 3.69. The molecule has 1 aromatic carbocycles. The second kappa shape index (κ2) is 8.99. The molecule has 10 nitrogen and oxygen atoms in total. The van der Waals surface area contributed by atoms with Crippen LogP contribution in [0.25, 0.3) is 0 Å². The molecule has 10 heteroatoms. The van der Waals surface area contributed by atoms with Crippen LogP contribution in [0.3, 0.4) is 0 Å². The zero-order valence-corrected chi connectivity index (χ0v) is 18.5. The average molecular weight is 436 g/mol. The number of benzene rings is 1. The van der Waals surface area contributed by atoms with Crippen LogP contribution >= 0.6 is 0 Å². The normalized spacial score (nSPS) is 16.8. The van der Waals surface area contributed by atoms with E-state index in [-0.39, 0.29) is 0 Å². The Hall–Kier alpha value is -3.40. The van der Waals surface area contributed by atoms with Gasteiger partial charge in [-0.05, 0) is 37.6 Å². The minimum atomic E-state index is 0.486. The highest BCUT2D eigenvalue weighted by molar-refractivity contribution is 5.53. The van der Waals surface area contributed by atoms with Crippen molar-refractivity contribution in [3.8, 4) is 5.75 Å². The van der Waals surface area contributed by atoms with E-state index in [9.17, 15) is 0 Å². The van der Waals surface area contributed by atoms with Crippen LogP contribution in [0.4, 0.5) is 23.7 Å². The molecule has 1 saturated heterocycles. The summed E-state index contributed by atoms with van der Waals surface area (Å²) in [4.78, 5) is 18.5. The third-order valence-electron chi connectivity index (χ3n) is 5.87. The predicted molar refractivity (Wildman–Crippen MR) is 124 cm³/mol. The standard InChI is InChI=1S/C22H29N9O/c1-30-9-11-31(12-10-30)22-26-20(23-14-15-3-7-17(32-2)8-4-15)25-21(27-22)24-19-13-18(28-29-19)16-5-6-16/h3-4,7-8,13,16H,5-6,9-12,14H2,1-2H3,(H3,23,24,25,26,27,28,29). The summed E-state index contributed by atoms with van der Waals surface area (Å²) in [5, 5.41) is 14.1. The molecule has 2 fully saturated rings. The van der Waals surface area contributed by atoms with Gasteiger partial charge < -0.3 is 25.2 Å². The quantitative estimate of drug-likeness (QED) is 0.492. The highest BCUT2D eigenvalue weighted by Crippen LogP contribution is 2.39. The molecule has 0 spiro atoms. The Morgan fingerprint density at radius 1 is 1.03 bits per heavy atom. The van der Waals surface area contributed by atoms with Crippen LogP contribution in [0.5, 0.6) is 5.75 Å². The molecular weight excluding hydrogens is 406 g/mol. The average Bonchev–Trinajstić information content (AvgIpc) is 3.57. The van der Waals surface area contributed by atoms with Crippen LogP contribution in [0.2, 0.25) is 0 Å². The minimum absolute atomic E-state index is 0.486. The summed E-state index contributed by atoms with van der Waals surface area (Å²) in [6.45, 7) is 4.32. The maximum atomic E-state index is 5.24. The molecule has 1 aliphatic heterocycles. The predicted octanol–water partition coefficient (Wildman–Crippen LogP) is 2.59. The minimum Gasteiger partial charge on any atom is -0.497 e. The number of hydrogen-bond donors (Lipinski definition) is 3. The van der Waals surface area contributed by atoms with Crippen molar-refractivity contribution in [1.29, 1.82) is 0 Å². The highest BCUT2D eigenvalue weighted by Gasteiger charge is 2.26. The van der Waals surface area contributed by atoms with Gasteiger partial charge in [0.05, 0.1) is 7.11 Å². The first kappa shape index (κ1) is 20.5. The molecular formula is C22H29N9O. The third-order valence-corrected chi connectivity index (χ3v) is 5.87. The van der Waals surface area contributed by atoms with Crippen LogP contribution in [-0.2, 0) is 6.54 Å². The Morgan fingerprint density at radius 2 is 1.78 bits per heavy atom. The van der Waals surface area contributed by atoms with E-state index in [1.165, 1.54) is 18.5 Å². The molecule has 168 valence electrons. The Morgan fingerprint density at radius 3 is 2.50 bits per heavy atom. The highest BCUT2D eigenvalue weighted by atomic mass is 16.5. The van der Waals surface area contributed by atoms with E-state index in [0.29, 0.717) is 30.3 Å². The van der Waals surface area contributed by atoms with E-state index in [1.54, 1.807) is 7.11 Å². The summed E-state index contributed by atoms with van der Waals surface area (Å²) in [5.41, 5.74) is 2.28. The Bertz CT molecular complexity index is 1040. The first-order valence-corrected chi connectivity index (χ1v) is 11.0. The van der Waals surface area contributed by atoms with Gasteiger partial charge in [0.15, 0.2) is 5.82 Å². The Balaban J connectivity index is 1.35. The third kappa shape index (κ3) is 4.91. The fraction of sp³-hybridized carbons (Fsp3) is 0.455. The van der Waals surface area contributed by atoms with E-state index in [0.717, 1.165) is 43.3 Å². The number of piperazine rings is 1. The van der Waals surface area contributed by atoms with Gasteiger partial charge in [-0.2, -0.15) is 20.1 Å². The Kier molecular flexibility index (Phi) is 5.76. The molecule has 3 aromatic rings. The summed E-state index contributed by atoms with van der Waals surface area (Å²) in [5.74, 6) is 3.86. The van der Waals surface area contributed by atoms with Gasteiger partial charge in [-0.3, -0.25) is 5.10 Å². The zero-order chi connectivity index (χ0) is 21.9. The largest absolute Gasteiger partial charge is 0.497 e. The number of methoxy groups -OCH3 is 1. The monoisotopic (exact) mass is 435 g/mol. The van der Waals surface area contributed by atoms with E-state index in [2.05, 4.69) is 47.6 Å². The number of likely N-dealkylation sites (N-methyl/N-ethyl adjacent to an activating group) is 1. The molecule has 32 heavy (non-hydrogen) atoms. The number of ether oxygens (including phenoxy) is 1. The zero-order valence-electron chi connectivity index (χ0n) is 18.5. The van der Waals surface area contributed by atoms with Crippen LogP contribution in [0.1, 0.15) is 30.0 Å². The van der Waals surface area contributed by atoms with Gasteiger partial charge in [0.1, 0.15) is 5.75 Å². The molecule has 5 rings (SSSR count). The molecule has 0 radical (unpaired) electrons. The molecule has 2 aromatic heterocycles. The first-order valence-electron chi connectivity index (χ1n) is 11.0. The summed E-state index contributed by atoms with van der Waals surface area (Å²) in [6.07, 6.45) is 2.45. The van der Waals surface area contributed by atoms with Gasteiger partial charge in [-0.25, -0.2) is 0 Å². The second-order valence-corrected chi connectivity index (χ2v) is 8.38. The number of aromatic amines is 1. The SMILES string of the molecule is COc1ccc(CNc2nc(Nc3cc(C4CC4)[nH]n3)nc(N3CCN(C)CC3)n2)cc1. The number of rotatable bonds is 8. The molecule has 2 aliphatic rings. The summed E-state index contributed by atoms with van der Waals surface area (Å²) in [6, 6.07) is 9.99. The number of aromatic nitrogens is 5. The number of H-pyrrole nitrogens is 1. The van der Waals surface area contributed by atoms with Gasteiger partial charge in [-0.15, -0.1) is 0 Å². The number of anilines is 4. The van der Waals surface area contributed by atoms with Crippen molar-refractivity contribution in [2.45, 2.75) is 25.3 Å². The number of nitrogens with one attached hydrogen (secondary N) is 3. The van der Waals surface area contributed by atoms with Gasteiger partial charge in [0.2, 0.25) is 17.8 Å². The molecule has 1 aliphatic carbocycles. The molecule has 1 saturated carbocycles. The lowest BCUT2D eigenvalue weighted by atomic mass is 10.2. The lowest BCUT2D eigenvalue weighted by Gasteiger charge is -2.32. The second-order valence-electron chi connectivity index (χ2n) is 8.38. The summed E-state index contributed by atoms with van der Waals surface area (Å²) in [7, 11) is 3.80. The maximum absolute atomic E-state index is 5.24. The van der Waals surface area contributed by atoms with Crippen LogP contribution in [-0.4, -0.2) is 70.4 Å². The lowest BCUT2D eigenvalue weighted by molar-refractivity contribution is 0.311. The van der Waals surface area contributed by atoms with E-state index in [4.69, 9.17) is 9.72 Å². The van der Waals surface area contributed by atoms with Crippen molar-refractivity contribution in [2.24, 2.45) is 0 Å². The number of nitrogens with zero attached hydrogens (tertiary/aromatic N) is 6. The van der Waals surface area contributed by atoms with Crippen LogP contribution < -0.4 is 20.3 Å². The van der Waals surface area contributed by atoms with Crippen molar-refractivity contribution in [3.05, 3.63) is 41.6 Å². The van der Waals surface area contributed by atoms with Crippen LogP contribution in [0, 0.1) is 0 Å². The molecule has 3 heterocycles. The maximum Gasteiger partial charge on any atom is 0.235 e. The first-order chi connectivity index (χ1) is 15.7. The Labute approximate surface area is 187 Å². The van der Waals surface area contributed by atoms with E-state index >= 15 is 0 Å². The van der Waals surface area contributed by atoms with Gasteiger partial charge in [0, 0.05) is 50.4 Å². The number of hydrogen-bond acceptors (Lipinski definition) is 9. The molecule has 0 unspecified atom stereocenters. The van der Waals surface area contributed by atoms with E-state index in [1.807, 2.05) is 30.3 Å². The van der Waals surface area contributed by atoms with Crippen molar-refractivity contribution >= 4 is 23.7 Å².